The first kappa shape index (κ1) is 17.2. The molecule has 1 saturated heterocycles. The highest BCUT2D eigenvalue weighted by Gasteiger charge is 2.24. The molecule has 1 unspecified atom stereocenters. The van der Waals surface area contributed by atoms with Crippen LogP contribution >= 0.6 is 0 Å². The first-order chi connectivity index (χ1) is 9.58. The van der Waals surface area contributed by atoms with Crippen LogP contribution in [0.1, 0.15) is 27.2 Å². The molecular weight excluding hydrogens is 250 g/mol. The SMILES string of the molecule is CCCNC(=NC)NCC(C(C)C)N1CCN(C)CC1. The van der Waals surface area contributed by atoms with Crippen molar-refractivity contribution < 1.29 is 0 Å². The molecule has 1 atom stereocenters. The Labute approximate surface area is 124 Å². The number of nitrogens with zero attached hydrogens (tertiary/aromatic N) is 3. The van der Waals surface area contributed by atoms with E-state index < -0.39 is 0 Å². The van der Waals surface area contributed by atoms with Crippen molar-refractivity contribution in [2.75, 3.05) is 53.4 Å². The molecule has 1 heterocycles. The molecule has 1 rings (SSSR count). The molecule has 0 saturated carbocycles. The quantitative estimate of drug-likeness (QED) is 0.560. The minimum atomic E-state index is 0.573. The molecule has 0 amide bonds. The van der Waals surface area contributed by atoms with Gasteiger partial charge in [0.25, 0.3) is 0 Å². The monoisotopic (exact) mass is 283 g/mol. The van der Waals surface area contributed by atoms with Gasteiger partial charge in [-0.15, -0.1) is 0 Å². The Morgan fingerprint density at radius 3 is 2.30 bits per heavy atom. The van der Waals surface area contributed by atoms with E-state index in [1.807, 2.05) is 7.05 Å². The lowest BCUT2D eigenvalue weighted by Gasteiger charge is -2.40. The van der Waals surface area contributed by atoms with Crippen LogP contribution in [0.15, 0.2) is 4.99 Å². The van der Waals surface area contributed by atoms with Crippen molar-refractivity contribution in [3.8, 4) is 0 Å². The van der Waals surface area contributed by atoms with Crippen LogP contribution < -0.4 is 10.6 Å². The first-order valence-electron chi connectivity index (χ1n) is 7.95. The van der Waals surface area contributed by atoms with E-state index in [1.54, 1.807) is 0 Å². The van der Waals surface area contributed by atoms with Crippen LogP contribution in [-0.2, 0) is 0 Å². The number of guanidine groups is 1. The second kappa shape index (κ2) is 9.19. The van der Waals surface area contributed by atoms with Crippen LogP contribution in [0.25, 0.3) is 0 Å². The molecule has 0 aromatic heterocycles. The number of hydrogen-bond acceptors (Lipinski definition) is 3. The van der Waals surface area contributed by atoms with E-state index in [0.29, 0.717) is 12.0 Å². The fourth-order valence-electron chi connectivity index (χ4n) is 2.61. The molecule has 1 aliphatic heterocycles. The lowest BCUT2D eigenvalue weighted by molar-refractivity contribution is 0.0900. The van der Waals surface area contributed by atoms with Gasteiger partial charge in [0, 0.05) is 52.4 Å². The van der Waals surface area contributed by atoms with Gasteiger partial charge in [-0.1, -0.05) is 20.8 Å². The number of hydrogen-bond donors (Lipinski definition) is 2. The Morgan fingerprint density at radius 2 is 1.80 bits per heavy atom. The maximum Gasteiger partial charge on any atom is 0.191 e. The number of piperazine rings is 1. The summed E-state index contributed by atoms with van der Waals surface area (Å²) in [6, 6.07) is 0.573. The van der Waals surface area contributed by atoms with Crippen LogP contribution in [0.3, 0.4) is 0 Å². The minimum Gasteiger partial charge on any atom is -0.356 e. The van der Waals surface area contributed by atoms with Crippen LogP contribution in [0.2, 0.25) is 0 Å². The molecule has 118 valence electrons. The van der Waals surface area contributed by atoms with Crippen molar-refractivity contribution in [2.24, 2.45) is 10.9 Å². The second-order valence-electron chi connectivity index (χ2n) is 6.03. The molecule has 0 aliphatic carbocycles. The average Bonchev–Trinajstić information content (AvgIpc) is 2.44. The van der Waals surface area contributed by atoms with Crippen LogP contribution in [-0.4, -0.2) is 75.2 Å². The summed E-state index contributed by atoms with van der Waals surface area (Å²) in [7, 11) is 4.04. The summed E-state index contributed by atoms with van der Waals surface area (Å²) in [6.07, 6.45) is 1.12. The predicted octanol–water partition coefficient (Wildman–Crippen LogP) is 0.833. The fraction of sp³-hybridized carbons (Fsp3) is 0.933. The molecule has 0 radical (unpaired) electrons. The molecule has 0 aromatic rings. The number of nitrogens with one attached hydrogen (secondary N) is 2. The molecule has 5 heteroatoms. The molecule has 5 nitrogen and oxygen atoms in total. The zero-order chi connectivity index (χ0) is 15.0. The lowest BCUT2D eigenvalue weighted by Crippen LogP contribution is -2.55. The lowest BCUT2D eigenvalue weighted by atomic mass is 10.0. The molecule has 2 N–H and O–H groups in total. The molecule has 0 spiro atoms. The second-order valence-corrected chi connectivity index (χ2v) is 6.03. The molecule has 0 aromatic carbocycles. The van der Waals surface area contributed by atoms with Crippen LogP contribution in [0.4, 0.5) is 0 Å². The summed E-state index contributed by atoms with van der Waals surface area (Å²) in [5.74, 6) is 1.57. The highest BCUT2D eigenvalue weighted by molar-refractivity contribution is 5.79. The van der Waals surface area contributed by atoms with Gasteiger partial charge < -0.3 is 15.5 Å². The van der Waals surface area contributed by atoms with Crippen molar-refractivity contribution in [1.29, 1.82) is 0 Å². The third-order valence-electron chi connectivity index (χ3n) is 4.02. The van der Waals surface area contributed by atoms with E-state index in [4.69, 9.17) is 0 Å². The van der Waals surface area contributed by atoms with Gasteiger partial charge in [0.05, 0.1) is 0 Å². The number of likely N-dealkylation sites (N-methyl/N-ethyl adjacent to an activating group) is 1. The maximum atomic E-state index is 4.28. The van der Waals surface area contributed by atoms with Crippen LogP contribution in [0.5, 0.6) is 0 Å². The standard InChI is InChI=1S/C15H33N5/c1-6-7-17-15(16-4)18-12-14(13(2)3)20-10-8-19(5)9-11-20/h13-14H,6-12H2,1-5H3,(H2,16,17,18). The highest BCUT2D eigenvalue weighted by atomic mass is 15.3. The topological polar surface area (TPSA) is 42.9 Å². The van der Waals surface area contributed by atoms with Crippen molar-refractivity contribution >= 4 is 5.96 Å². The van der Waals surface area contributed by atoms with Gasteiger partial charge in [-0.05, 0) is 19.4 Å². The molecule has 1 aliphatic rings. The van der Waals surface area contributed by atoms with Gasteiger partial charge in [-0.25, -0.2) is 0 Å². The summed E-state index contributed by atoms with van der Waals surface area (Å²) in [5, 5.41) is 6.81. The highest BCUT2D eigenvalue weighted by Crippen LogP contribution is 2.12. The zero-order valence-corrected chi connectivity index (χ0v) is 13.9. The summed E-state index contributed by atoms with van der Waals surface area (Å²) >= 11 is 0. The molecule has 1 fully saturated rings. The fourth-order valence-corrected chi connectivity index (χ4v) is 2.61. The van der Waals surface area contributed by atoms with Gasteiger partial charge in [-0.3, -0.25) is 9.89 Å². The third-order valence-corrected chi connectivity index (χ3v) is 4.02. The number of rotatable bonds is 6. The largest absolute Gasteiger partial charge is 0.356 e. The Balaban J connectivity index is 2.46. The summed E-state index contributed by atoms with van der Waals surface area (Å²) in [4.78, 5) is 9.30. The van der Waals surface area contributed by atoms with E-state index in [1.165, 1.54) is 26.2 Å². The normalized spacial score (nSPS) is 20.2. The van der Waals surface area contributed by atoms with E-state index in [2.05, 4.69) is 53.2 Å². The van der Waals surface area contributed by atoms with E-state index >= 15 is 0 Å². The van der Waals surface area contributed by atoms with Crippen LogP contribution in [0, 0.1) is 5.92 Å². The van der Waals surface area contributed by atoms with E-state index in [-0.39, 0.29) is 0 Å². The van der Waals surface area contributed by atoms with Gasteiger partial charge in [-0.2, -0.15) is 0 Å². The van der Waals surface area contributed by atoms with E-state index in [9.17, 15) is 0 Å². The Kier molecular flexibility index (Phi) is 7.92. The maximum absolute atomic E-state index is 4.28. The first-order valence-corrected chi connectivity index (χ1v) is 7.95. The smallest absolute Gasteiger partial charge is 0.191 e. The third kappa shape index (κ3) is 5.67. The zero-order valence-electron chi connectivity index (χ0n) is 13.9. The Morgan fingerprint density at radius 1 is 1.15 bits per heavy atom. The molecular formula is C15H33N5. The summed E-state index contributed by atoms with van der Waals surface area (Å²) in [5.41, 5.74) is 0. The summed E-state index contributed by atoms with van der Waals surface area (Å²) < 4.78 is 0. The Hall–Kier alpha value is -0.810. The van der Waals surface area contributed by atoms with Crippen molar-refractivity contribution in [3.63, 3.8) is 0 Å². The Bertz CT molecular complexity index is 282. The molecule has 0 bridgehead atoms. The predicted molar refractivity (Wildman–Crippen MR) is 87.4 cm³/mol. The van der Waals surface area contributed by atoms with Gasteiger partial charge >= 0.3 is 0 Å². The molecule has 20 heavy (non-hydrogen) atoms. The van der Waals surface area contributed by atoms with Crippen molar-refractivity contribution in [1.82, 2.24) is 20.4 Å². The van der Waals surface area contributed by atoms with Gasteiger partial charge in [0.1, 0.15) is 0 Å². The summed E-state index contributed by atoms with van der Waals surface area (Å²) in [6.45, 7) is 13.4. The van der Waals surface area contributed by atoms with Crippen molar-refractivity contribution in [3.05, 3.63) is 0 Å². The number of aliphatic imine (C=N–C) groups is 1. The van der Waals surface area contributed by atoms with E-state index in [0.717, 1.165) is 25.5 Å². The van der Waals surface area contributed by atoms with Crippen molar-refractivity contribution in [2.45, 2.75) is 33.2 Å². The average molecular weight is 283 g/mol. The van der Waals surface area contributed by atoms with Gasteiger partial charge in [0.15, 0.2) is 5.96 Å². The minimum absolute atomic E-state index is 0.573. The van der Waals surface area contributed by atoms with Gasteiger partial charge in [0.2, 0.25) is 0 Å².